The molecule has 0 aliphatic rings. The van der Waals surface area contributed by atoms with Gasteiger partial charge in [-0.05, 0) is 13.8 Å². The normalized spacial score (nSPS) is 5.56. The molecule has 0 aromatic rings. The Morgan fingerprint density at radius 3 is 1.00 bits per heavy atom. The number of aliphatic carboxylic acids is 2. The first-order valence-corrected chi connectivity index (χ1v) is 1.82. The second kappa shape index (κ2) is 10.4. The average molecular weight is 177 g/mol. The van der Waals surface area contributed by atoms with E-state index >= 15 is 0 Å². The molecule has 9 heavy (non-hydrogen) atoms. The monoisotopic (exact) mass is 177 g/mol. The van der Waals surface area contributed by atoms with Crippen molar-refractivity contribution < 1.29 is 36.6 Å². The first kappa shape index (κ1) is 15.8. The van der Waals surface area contributed by atoms with E-state index in [1.54, 1.807) is 0 Å². The summed E-state index contributed by atoms with van der Waals surface area (Å²) in [5.74, 6) is -2.17. The molecule has 0 aliphatic heterocycles. The van der Waals surface area contributed by atoms with Crippen molar-refractivity contribution in [1.29, 1.82) is 0 Å². The van der Waals surface area contributed by atoms with Crippen LogP contribution in [0.25, 0.3) is 0 Å². The summed E-state index contributed by atoms with van der Waals surface area (Å²) in [6, 6.07) is 0. The molecule has 0 aromatic heterocycles. The first-order valence-electron chi connectivity index (χ1n) is 1.82. The summed E-state index contributed by atoms with van der Waals surface area (Å²) in [7, 11) is 0. The van der Waals surface area contributed by atoms with Crippen LogP contribution in [0.2, 0.25) is 0 Å². The molecule has 0 bridgehead atoms. The van der Waals surface area contributed by atoms with Gasteiger partial charge in [-0.25, -0.2) is 0 Å². The van der Waals surface area contributed by atoms with E-state index in [2.05, 4.69) is 0 Å². The molecule has 0 heterocycles. The zero-order chi connectivity index (χ0) is 7.15. The minimum Gasteiger partial charge on any atom is -0.550 e. The summed E-state index contributed by atoms with van der Waals surface area (Å²) in [5, 5.41) is 17.8. The van der Waals surface area contributed by atoms with Gasteiger partial charge in [-0.15, -0.1) is 0 Å². The quantitative estimate of drug-likeness (QED) is 0.410. The van der Waals surface area contributed by atoms with Crippen molar-refractivity contribution in [2.75, 3.05) is 0 Å². The summed E-state index contributed by atoms with van der Waals surface area (Å²) in [5.41, 5.74) is 0. The maximum absolute atomic E-state index is 8.89. The maximum atomic E-state index is 8.89. The Hall–Kier alpha value is -0.554. The van der Waals surface area contributed by atoms with Crippen molar-refractivity contribution in [2.45, 2.75) is 13.8 Å². The van der Waals surface area contributed by atoms with Crippen molar-refractivity contribution in [1.82, 2.24) is 0 Å². The molecule has 5 heteroatoms. The molecule has 0 spiro atoms. The molecule has 0 rings (SSSR count). The fourth-order valence-electron chi connectivity index (χ4n) is 0. The van der Waals surface area contributed by atoms with Gasteiger partial charge in [0.25, 0.3) is 0 Å². The Morgan fingerprint density at radius 1 is 1.00 bits per heavy atom. The SMILES string of the molecule is CC(=O)[O-].CC(=O)[O-].[Co]. The molecule has 0 atom stereocenters. The van der Waals surface area contributed by atoms with Crippen LogP contribution in [0.1, 0.15) is 13.8 Å². The van der Waals surface area contributed by atoms with Gasteiger partial charge in [0.15, 0.2) is 0 Å². The van der Waals surface area contributed by atoms with Crippen molar-refractivity contribution in [3.05, 3.63) is 0 Å². The van der Waals surface area contributed by atoms with Crippen LogP contribution >= 0.6 is 0 Å². The molecular formula is C4H6CoO4-2. The number of carbonyl (C=O) groups is 2. The predicted octanol–water partition coefficient (Wildman–Crippen LogP) is -2.49. The number of carboxylic acid groups (broad SMARTS) is 2. The Labute approximate surface area is 63.1 Å². The fraction of sp³-hybridized carbons (Fsp3) is 0.500. The van der Waals surface area contributed by atoms with Crippen molar-refractivity contribution in [3.8, 4) is 0 Å². The molecule has 57 valence electrons. The van der Waals surface area contributed by atoms with E-state index in [4.69, 9.17) is 19.8 Å². The molecule has 0 saturated carbocycles. The minimum absolute atomic E-state index is 0. The van der Waals surface area contributed by atoms with Crippen molar-refractivity contribution in [2.24, 2.45) is 0 Å². The summed E-state index contributed by atoms with van der Waals surface area (Å²) in [6.45, 7) is 1.94. The van der Waals surface area contributed by atoms with Crippen LogP contribution < -0.4 is 10.2 Å². The molecular weight excluding hydrogens is 171 g/mol. The number of carbonyl (C=O) groups excluding carboxylic acids is 2. The van der Waals surface area contributed by atoms with E-state index in [0.717, 1.165) is 13.8 Å². The maximum Gasteiger partial charge on any atom is 0.0383 e. The summed E-state index contributed by atoms with van der Waals surface area (Å²) in [6.07, 6.45) is 0. The van der Waals surface area contributed by atoms with Gasteiger partial charge in [0.1, 0.15) is 0 Å². The van der Waals surface area contributed by atoms with Gasteiger partial charge in [0.05, 0.1) is 0 Å². The van der Waals surface area contributed by atoms with Crippen LogP contribution in [-0.4, -0.2) is 11.9 Å². The van der Waals surface area contributed by atoms with E-state index in [1.807, 2.05) is 0 Å². The van der Waals surface area contributed by atoms with E-state index in [9.17, 15) is 0 Å². The molecule has 0 N–H and O–H groups in total. The van der Waals surface area contributed by atoms with Gasteiger partial charge >= 0.3 is 0 Å². The van der Waals surface area contributed by atoms with Gasteiger partial charge in [-0.2, -0.15) is 0 Å². The topological polar surface area (TPSA) is 80.3 Å². The van der Waals surface area contributed by atoms with Crippen molar-refractivity contribution in [3.63, 3.8) is 0 Å². The molecule has 1 radical (unpaired) electrons. The minimum atomic E-state index is -1.08. The van der Waals surface area contributed by atoms with Gasteiger partial charge in [-0.1, -0.05) is 0 Å². The first-order chi connectivity index (χ1) is 3.46. The van der Waals surface area contributed by atoms with Crippen LogP contribution in [0.4, 0.5) is 0 Å². The number of hydrogen-bond acceptors (Lipinski definition) is 4. The molecule has 0 saturated heterocycles. The van der Waals surface area contributed by atoms with E-state index in [0.29, 0.717) is 0 Å². The molecule has 0 aromatic carbocycles. The van der Waals surface area contributed by atoms with Gasteiger partial charge < -0.3 is 19.8 Å². The number of hydrogen-bond donors (Lipinski definition) is 0. The zero-order valence-electron chi connectivity index (χ0n) is 4.97. The smallest absolute Gasteiger partial charge is 0.0383 e. The standard InChI is InChI=1S/2C2H4O2.Co/c2*1-2(3)4;/h2*1H3,(H,3,4);/p-2. The number of rotatable bonds is 0. The summed E-state index contributed by atoms with van der Waals surface area (Å²) in [4.78, 5) is 17.8. The van der Waals surface area contributed by atoms with E-state index in [-0.39, 0.29) is 16.8 Å². The Kier molecular flexibility index (Phi) is 18.3. The van der Waals surface area contributed by atoms with Crippen LogP contribution in [0.5, 0.6) is 0 Å². The van der Waals surface area contributed by atoms with Crippen LogP contribution in [0, 0.1) is 0 Å². The molecule has 0 amide bonds. The third-order valence-corrected chi connectivity index (χ3v) is 0. The predicted molar refractivity (Wildman–Crippen MR) is 21.4 cm³/mol. The van der Waals surface area contributed by atoms with E-state index < -0.39 is 11.9 Å². The van der Waals surface area contributed by atoms with Crippen LogP contribution in [0.3, 0.4) is 0 Å². The van der Waals surface area contributed by atoms with Crippen molar-refractivity contribution >= 4 is 11.9 Å². The summed E-state index contributed by atoms with van der Waals surface area (Å²) < 4.78 is 0. The molecule has 0 fully saturated rings. The van der Waals surface area contributed by atoms with E-state index in [1.165, 1.54) is 0 Å². The Morgan fingerprint density at radius 2 is 1.00 bits per heavy atom. The summed E-state index contributed by atoms with van der Waals surface area (Å²) >= 11 is 0. The largest absolute Gasteiger partial charge is 0.550 e. The van der Waals surface area contributed by atoms with Gasteiger partial charge in [-0.3, -0.25) is 0 Å². The molecule has 4 nitrogen and oxygen atoms in total. The third-order valence-electron chi connectivity index (χ3n) is 0. The van der Waals surface area contributed by atoms with Gasteiger partial charge in [0.2, 0.25) is 0 Å². The Bertz CT molecular complexity index is 70.6. The average Bonchev–Trinajstić information content (AvgIpc) is 1.25. The molecule has 0 aliphatic carbocycles. The Balaban J connectivity index is -0.0000000720. The zero-order valence-corrected chi connectivity index (χ0v) is 6.01. The second-order valence-corrected chi connectivity index (χ2v) is 0.983. The van der Waals surface area contributed by atoms with Crippen LogP contribution in [0.15, 0.2) is 0 Å². The van der Waals surface area contributed by atoms with Crippen LogP contribution in [-0.2, 0) is 26.4 Å². The molecule has 0 unspecified atom stereocenters. The second-order valence-electron chi connectivity index (χ2n) is 0.983. The number of carboxylic acids is 2. The van der Waals surface area contributed by atoms with Gasteiger partial charge in [0, 0.05) is 28.7 Å². The third kappa shape index (κ3) is 721. The fourth-order valence-corrected chi connectivity index (χ4v) is 0.